The number of hydroxylamine groups is 2. The van der Waals surface area contributed by atoms with E-state index >= 15 is 0 Å². The van der Waals surface area contributed by atoms with Crippen LogP contribution in [-0.2, 0) is 9.59 Å². The molecule has 23 heavy (non-hydrogen) atoms. The van der Waals surface area contributed by atoms with E-state index in [4.69, 9.17) is 0 Å². The van der Waals surface area contributed by atoms with E-state index in [2.05, 4.69) is 6.92 Å². The highest BCUT2D eigenvalue weighted by Crippen LogP contribution is 2.64. The predicted molar refractivity (Wildman–Crippen MR) is 85.4 cm³/mol. The monoisotopic (exact) mass is 319 g/mol. The molecule has 2 amide bonds. The molecular weight excluding hydrogens is 290 g/mol. The van der Waals surface area contributed by atoms with E-state index in [-0.39, 0.29) is 11.8 Å². The second-order valence-corrected chi connectivity index (χ2v) is 9.07. The first-order valence-corrected chi connectivity index (χ1v) is 9.44. The molecule has 0 radical (unpaired) electrons. The molecule has 6 atom stereocenters. The third-order valence-corrected chi connectivity index (χ3v) is 8.28. The average Bonchev–Trinajstić information content (AvgIpc) is 2.54. The van der Waals surface area contributed by atoms with Crippen molar-refractivity contribution in [2.24, 2.45) is 34.5 Å². The summed E-state index contributed by atoms with van der Waals surface area (Å²) < 4.78 is 0. The lowest BCUT2D eigenvalue weighted by Gasteiger charge is -2.61. The highest BCUT2D eigenvalue weighted by Gasteiger charge is 2.61. The Bertz CT molecular complexity index is 547. The van der Waals surface area contributed by atoms with Gasteiger partial charge in [-0.25, -0.2) is 0 Å². The molecule has 1 aliphatic heterocycles. The largest absolute Gasteiger partial charge is 0.278 e. The second kappa shape index (κ2) is 5.05. The fourth-order valence-corrected chi connectivity index (χ4v) is 6.89. The fraction of sp³-hybridized carbons (Fsp3) is 0.895. The van der Waals surface area contributed by atoms with Crippen molar-refractivity contribution in [2.45, 2.75) is 71.6 Å². The molecule has 4 rings (SSSR count). The molecule has 0 aromatic heterocycles. The Labute approximate surface area is 138 Å². The van der Waals surface area contributed by atoms with E-state index in [1.165, 1.54) is 32.1 Å². The molecule has 0 aromatic rings. The zero-order valence-corrected chi connectivity index (χ0v) is 14.4. The normalized spacial score (nSPS) is 50.1. The van der Waals surface area contributed by atoms with Gasteiger partial charge in [0.1, 0.15) is 0 Å². The van der Waals surface area contributed by atoms with Gasteiger partial charge in [0.2, 0.25) is 0 Å². The smallest absolute Gasteiger partial charge is 0.259 e. The van der Waals surface area contributed by atoms with Crippen molar-refractivity contribution >= 4 is 11.8 Å². The number of amides is 2. The number of fused-ring (bicyclic) bond motifs is 5. The SMILES string of the molecule is C[C@]12CCCC[C@@H]1CC[C@@H]1[C@@H]2CC[C@]2(C)C(=O)N(O)C(=O)C[C@@H]12. The molecule has 4 aliphatic rings. The van der Waals surface area contributed by atoms with E-state index in [0.29, 0.717) is 28.7 Å². The zero-order valence-electron chi connectivity index (χ0n) is 14.4. The van der Waals surface area contributed by atoms with Crippen LogP contribution < -0.4 is 0 Å². The lowest BCUT2D eigenvalue weighted by atomic mass is 9.44. The molecule has 1 heterocycles. The zero-order chi connectivity index (χ0) is 16.4. The first-order chi connectivity index (χ1) is 10.9. The minimum Gasteiger partial charge on any atom is -0.278 e. The summed E-state index contributed by atoms with van der Waals surface area (Å²) in [6.07, 6.45) is 10.1. The highest BCUT2D eigenvalue weighted by molar-refractivity contribution is 5.99. The van der Waals surface area contributed by atoms with Gasteiger partial charge >= 0.3 is 0 Å². The summed E-state index contributed by atoms with van der Waals surface area (Å²) in [5.74, 6) is 1.36. The summed E-state index contributed by atoms with van der Waals surface area (Å²) in [7, 11) is 0. The van der Waals surface area contributed by atoms with Gasteiger partial charge in [-0.05, 0) is 67.6 Å². The van der Waals surface area contributed by atoms with Crippen LogP contribution in [0.3, 0.4) is 0 Å². The van der Waals surface area contributed by atoms with Gasteiger partial charge in [0.25, 0.3) is 11.8 Å². The topological polar surface area (TPSA) is 57.6 Å². The lowest BCUT2D eigenvalue weighted by molar-refractivity contribution is -0.210. The van der Waals surface area contributed by atoms with Crippen LogP contribution in [0.25, 0.3) is 0 Å². The quantitative estimate of drug-likeness (QED) is 0.546. The molecule has 4 heteroatoms. The molecule has 1 N–H and O–H groups in total. The number of carbonyl (C=O) groups excluding carboxylic acids is 2. The van der Waals surface area contributed by atoms with Crippen molar-refractivity contribution in [3.8, 4) is 0 Å². The molecule has 3 saturated carbocycles. The van der Waals surface area contributed by atoms with Crippen LogP contribution in [0.4, 0.5) is 0 Å². The van der Waals surface area contributed by atoms with E-state index in [9.17, 15) is 14.8 Å². The Morgan fingerprint density at radius 2 is 1.78 bits per heavy atom. The minimum absolute atomic E-state index is 0.129. The first-order valence-electron chi connectivity index (χ1n) is 9.44. The molecule has 128 valence electrons. The molecular formula is C19H29NO3. The maximum Gasteiger partial charge on any atom is 0.259 e. The number of nitrogens with zero attached hydrogens (tertiary/aromatic N) is 1. The van der Waals surface area contributed by atoms with Gasteiger partial charge in [-0.2, -0.15) is 5.06 Å². The number of imide groups is 1. The predicted octanol–water partition coefficient (Wildman–Crippen LogP) is 3.77. The van der Waals surface area contributed by atoms with Gasteiger partial charge in [-0.1, -0.05) is 26.7 Å². The number of rotatable bonds is 0. The van der Waals surface area contributed by atoms with Gasteiger partial charge in [-0.3, -0.25) is 14.8 Å². The molecule has 0 unspecified atom stereocenters. The van der Waals surface area contributed by atoms with Crippen molar-refractivity contribution in [3.63, 3.8) is 0 Å². The molecule has 3 aliphatic carbocycles. The maximum atomic E-state index is 12.6. The number of hydrogen-bond acceptors (Lipinski definition) is 3. The summed E-state index contributed by atoms with van der Waals surface area (Å²) in [5.41, 5.74) is -0.132. The van der Waals surface area contributed by atoms with Crippen LogP contribution in [0.15, 0.2) is 0 Å². The van der Waals surface area contributed by atoms with Crippen LogP contribution >= 0.6 is 0 Å². The molecule has 4 fully saturated rings. The summed E-state index contributed by atoms with van der Waals surface area (Å²) in [6.45, 7) is 4.47. The maximum absolute atomic E-state index is 12.6. The van der Waals surface area contributed by atoms with Crippen LogP contribution in [0.5, 0.6) is 0 Å². The average molecular weight is 319 g/mol. The van der Waals surface area contributed by atoms with Gasteiger partial charge in [0.15, 0.2) is 0 Å². The van der Waals surface area contributed by atoms with Crippen LogP contribution in [0.1, 0.15) is 71.6 Å². The Kier molecular flexibility index (Phi) is 3.43. The minimum atomic E-state index is -0.540. The van der Waals surface area contributed by atoms with Crippen molar-refractivity contribution in [3.05, 3.63) is 0 Å². The van der Waals surface area contributed by atoms with Gasteiger partial charge < -0.3 is 0 Å². The van der Waals surface area contributed by atoms with Gasteiger partial charge in [-0.15, -0.1) is 0 Å². The van der Waals surface area contributed by atoms with E-state index in [1.54, 1.807) is 0 Å². The van der Waals surface area contributed by atoms with Gasteiger partial charge in [0.05, 0.1) is 5.41 Å². The third-order valence-electron chi connectivity index (χ3n) is 8.28. The summed E-state index contributed by atoms with van der Waals surface area (Å²) >= 11 is 0. The van der Waals surface area contributed by atoms with Crippen molar-refractivity contribution in [1.82, 2.24) is 5.06 Å². The number of hydrogen-bond donors (Lipinski definition) is 1. The van der Waals surface area contributed by atoms with E-state index in [1.807, 2.05) is 6.92 Å². The summed E-state index contributed by atoms with van der Waals surface area (Å²) in [6, 6.07) is 0. The Hall–Kier alpha value is -0.900. The number of piperidine rings is 1. The van der Waals surface area contributed by atoms with Gasteiger partial charge in [0, 0.05) is 6.42 Å². The van der Waals surface area contributed by atoms with Crippen molar-refractivity contribution in [1.29, 1.82) is 0 Å². The third kappa shape index (κ3) is 2.00. The molecule has 4 nitrogen and oxygen atoms in total. The molecule has 0 spiro atoms. The standard InChI is InChI=1S/C19H29NO3/c1-18-9-4-3-5-12(18)6-7-13-14(18)8-10-19(2)15(13)11-16(21)20(23)17(19)22/h12-15,23H,3-11H2,1-2H3/t12-,13-,14+,15+,18+,19+/m1/s1. The number of carbonyl (C=O) groups is 2. The van der Waals surface area contributed by atoms with Crippen LogP contribution in [0, 0.1) is 34.5 Å². The molecule has 1 saturated heterocycles. The summed E-state index contributed by atoms with van der Waals surface area (Å²) in [4.78, 5) is 24.7. The van der Waals surface area contributed by atoms with Crippen LogP contribution in [-0.4, -0.2) is 22.1 Å². The van der Waals surface area contributed by atoms with Crippen molar-refractivity contribution in [2.75, 3.05) is 0 Å². The first kappa shape index (κ1) is 15.6. The van der Waals surface area contributed by atoms with E-state index < -0.39 is 11.3 Å². The summed E-state index contributed by atoms with van der Waals surface area (Å²) in [5, 5.41) is 10.2. The highest BCUT2D eigenvalue weighted by atomic mass is 16.5. The molecule has 0 aromatic carbocycles. The van der Waals surface area contributed by atoms with Crippen molar-refractivity contribution < 1.29 is 14.8 Å². The fourth-order valence-electron chi connectivity index (χ4n) is 6.89. The Balaban J connectivity index is 1.68. The lowest BCUT2D eigenvalue weighted by Crippen LogP contribution is -2.61. The molecule has 0 bridgehead atoms. The van der Waals surface area contributed by atoms with Crippen LogP contribution in [0.2, 0.25) is 0 Å². The second-order valence-electron chi connectivity index (χ2n) is 9.07. The van der Waals surface area contributed by atoms with E-state index in [0.717, 1.165) is 25.2 Å². The Morgan fingerprint density at radius 1 is 1.00 bits per heavy atom. The Morgan fingerprint density at radius 3 is 2.57 bits per heavy atom.